The van der Waals surface area contributed by atoms with Gasteiger partial charge in [-0.3, -0.25) is 10.1 Å². The van der Waals surface area contributed by atoms with Crippen molar-refractivity contribution in [1.82, 2.24) is 19.4 Å². The maximum atomic E-state index is 13.1. The first-order chi connectivity index (χ1) is 16.2. The van der Waals surface area contributed by atoms with E-state index in [-0.39, 0.29) is 17.6 Å². The van der Waals surface area contributed by atoms with E-state index in [0.717, 1.165) is 17.8 Å². The Morgan fingerprint density at radius 1 is 1.00 bits per heavy atom. The van der Waals surface area contributed by atoms with Crippen LogP contribution in [0, 0.1) is 0 Å². The highest BCUT2D eigenvalue weighted by atomic mass is 19.4. The molecule has 0 spiro atoms. The molecule has 2 aromatic carbocycles. The van der Waals surface area contributed by atoms with Gasteiger partial charge < -0.3 is 9.38 Å². The van der Waals surface area contributed by atoms with Crippen molar-refractivity contribution >= 4 is 28.5 Å². The summed E-state index contributed by atoms with van der Waals surface area (Å²) in [6.07, 6.45) is -2.73. The number of carbonyl (C=O) groups excluding carboxylic acids is 1. The average Bonchev–Trinajstić information content (AvgIpc) is 3.41. The molecule has 3 aromatic heterocycles. The van der Waals surface area contributed by atoms with Gasteiger partial charge in [0.25, 0.3) is 5.91 Å². The Labute approximate surface area is 192 Å². The predicted molar refractivity (Wildman–Crippen MR) is 124 cm³/mol. The van der Waals surface area contributed by atoms with Gasteiger partial charge in [-0.05, 0) is 53.4 Å². The van der Waals surface area contributed by atoms with Crippen molar-refractivity contribution in [1.29, 1.82) is 0 Å². The molecule has 0 radical (unpaired) electrons. The van der Waals surface area contributed by atoms with Crippen LogP contribution in [-0.4, -0.2) is 25.3 Å². The van der Waals surface area contributed by atoms with Crippen molar-refractivity contribution in [3.63, 3.8) is 0 Å². The second-order valence-electron chi connectivity index (χ2n) is 8.31. The molecule has 0 saturated carbocycles. The number of anilines is 1. The number of amides is 1. The molecule has 172 valence electrons. The number of benzene rings is 2. The normalized spacial score (nSPS) is 12.1. The molecule has 0 unspecified atom stereocenters. The Bertz CT molecular complexity index is 1530. The lowest BCUT2D eigenvalue weighted by Gasteiger charge is -2.08. The molecular weight excluding hydrogens is 443 g/mol. The Hall–Kier alpha value is -4.14. The fraction of sp³-hybridized carbons (Fsp3) is 0.160. The number of imidazole rings is 2. The number of aromatic nitrogens is 4. The van der Waals surface area contributed by atoms with Crippen LogP contribution in [0.25, 0.3) is 27.8 Å². The number of pyridine rings is 1. The second kappa shape index (κ2) is 8.02. The van der Waals surface area contributed by atoms with Gasteiger partial charge in [0.15, 0.2) is 0 Å². The van der Waals surface area contributed by atoms with E-state index in [4.69, 9.17) is 0 Å². The number of rotatable bonds is 4. The van der Waals surface area contributed by atoms with Gasteiger partial charge in [0, 0.05) is 11.9 Å². The van der Waals surface area contributed by atoms with Crippen LogP contribution in [0.3, 0.4) is 0 Å². The Morgan fingerprint density at radius 3 is 2.53 bits per heavy atom. The molecule has 3 heterocycles. The molecule has 0 saturated heterocycles. The summed E-state index contributed by atoms with van der Waals surface area (Å²) in [5, 5.41) is 2.72. The van der Waals surface area contributed by atoms with Crippen molar-refractivity contribution in [2.75, 3.05) is 5.32 Å². The van der Waals surface area contributed by atoms with Crippen LogP contribution in [0.5, 0.6) is 0 Å². The Morgan fingerprint density at radius 2 is 1.76 bits per heavy atom. The highest BCUT2D eigenvalue weighted by molar-refractivity contribution is 6.03. The van der Waals surface area contributed by atoms with E-state index < -0.39 is 17.6 Å². The molecule has 34 heavy (non-hydrogen) atoms. The van der Waals surface area contributed by atoms with Crippen LogP contribution in [0.4, 0.5) is 19.1 Å². The number of halogens is 3. The number of nitrogens with one attached hydrogen (secondary N) is 2. The summed E-state index contributed by atoms with van der Waals surface area (Å²) in [5.41, 5.74) is 3.42. The minimum Gasteiger partial charge on any atom is -0.324 e. The van der Waals surface area contributed by atoms with Crippen molar-refractivity contribution in [2.45, 2.75) is 25.9 Å². The van der Waals surface area contributed by atoms with Crippen molar-refractivity contribution in [3.05, 3.63) is 83.8 Å². The van der Waals surface area contributed by atoms with Crippen LogP contribution in [-0.2, 0) is 6.18 Å². The number of hydrogen-bond acceptors (Lipinski definition) is 3. The minimum atomic E-state index is -4.42. The van der Waals surface area contributed by atoms with Gasteiger partial charge in [-0.1, -0.05) is 38.1 Å². The SMILES string of the molecule is CC(C)c1cccc2nc(C(=O)Nc3nc4cc(-c5cccc(C(F)(F)F)c5)ccc4[nH]3)cn12. The molecule has 0 bridgehead atoms. The summed E-state index contributed by atoms with van der Waals surface area (Å²) in [6, 6.07) is 15.9. The third-order valence-electron chi connectivity index (χ3n) is 5.59. The molecule has 9 heteroatoms. The largest absolute Gasteiger partial charge is 0.416 e. The van der Waals surface area contributed by atoms with Crippen LogP contribution in [0.1, 0.15) is 41.5 Å². The number of alkyl halides is 3. The van der Waals surface area contributed by atoms with Gasteiger partial charge in [-0.25, -0.2) is 9.97 Å². The highest BCUT2D eigenvalue weighted by Crippen LogP contribution is 2.33. The summed E-state index contributed by atoms with van der Waals surface area (Å²) in [7, 11) is 0. The Kier molecular flexibility index (Phi) is 5.11. The van der Waals surface area contributed by atoms with Gasteiger partial charge in [0.2, 0.25) is 5.95 Å². The van der Waals surface area contributed by atoms with Crippen LogP contribution in [0.2, 0.25) is 0 Å². The van der Waals surface area contributed by atoms with Gasteiger partial charge in [0.1, 0.15) is 11.3 Å². The van der Waals surface area contributed by atoms with E-state index in [1.54, 1.807) is 30.5 Å². The summed E-state index contributed by atoms with van der Waals surface area (Å²) < 4.78 is 41.1. The molecule has 0 atom stereocenters. The first kappa shape index (κ1) is 21.7. The fourth-order valence-corrected chi connectivity index (χ4v) is 3.90. The number of fused-ring (bicyclic) bond motifs is 2. The van der Waals surface area contributed by atoms with E-state index >= 15 is 0 Å². The molecular formula is C25H20F3N5O. The molecule has 0 fully saturated rings. The second-order valence-corrected chi connectivity index (χ2v) is 8.31. The molecule has 0 aliphatic carbocycles. The summed E-state index contributed by atoms with van der Waals surface area (Å²) in [4.78, 5) is 24.6. The predicted octanol–water partition coefficient (Wildman–Crippen LogP) is 6.27. The van der Waals surface area contributed by atoms with E-state index in [1.165, 1.54) is 6.07 Å². The number of aromatic amines is 1. The number of H-pyrrole nitrogens is 1. The molecule has 5 aromatic rings. The zero-order valence-corrected chi connectivity index (χ0v) is 18.3. The van der Waals surface area contributed by atoms with Gasteiger partial charge in [-0.15, -0.1) is 0 Å². The molecule has 0 aliphatic rings. The molecule has 6 nitrogen and oxygen atoms in total. The molecule has 0 aliphatic heterocycles. The zero-order chi connectivity index (χ0) is 24.0. The first-order valence-electron chi connectivity index (χ1n) is 10.7. The van der Waals surface area contributed by atoms with E-state index in [9.17, 15) is 18.0 Å². The van der Waals surface area contributed by atoms with Crippen molar-refractivity contribution in [3.8, 4) is 11.1 Å². The Balaban J connectivity index is 1.42. The monoisotopic (exact) mass is 463 g/mol. The smallest absolute Gasteiger partial charge is 0.324 e. The summed E-state index contributed by atoms with van der Waals surface area (Å²) in [5.74, 6) is 0.0631. The first-order valence-corrected chi connectivity index (χ1v) is 10.7. The third-order valence-corrected chi connectivity index (χ3v) is 5.59. The van der Waals surface area contributed by atoms with Gasteiger partial charge in [0.05, 0.1) is 16.6 Å². The molecule has 1 amide bonds. The van der Waals surface area contributed by atoms with Crippen molar-refractivity contribution in [2.24, 2.45) is 0 Å². The van der Waals surface area contributed by atoms with E-state index in [1.807, 2.05) is 22.6 Å². The highest BCUT2D eigenvalue weighted by Gasteiger charge is 2.30. The maximum Gasteiger partial charge on any atom is 0.416 e. The van der Waals surface area contributed by atoms with Gasteiger partial charge >= 0.3 is 6.18 Å². The number of hydrogen-bond donors (Lipinski definition) is 2. The van der Waals surface area contributed by atoms with E-state index in [2.05, 4.69) is 34.1 Å². The zero-order valence-electron chi connectivity index (χ0n) is 18.3. The number of nitrogens with zero attached hydrogens (tertiary/aromatic N) is 3. The average molecular weight is 463 g/mol. The van der Waals surface area contributed by atoms with Gasteiger partial charge in [-0.2, -0.15) is 13.2 Å². The minimum absolute atomic E-state index is 0.224. The molecule has 2 N–H and O–H groups in total. The topological polar surface area (TPSA) is 75.1 Å². The third kappa shape index (κ3) is 4.00. The van der Waals surface area contributed by atoms with Crippen LogP contribution < -0.4 is 5.32 Å². The van der Waals surface area contributed by atoms with Crippen LogP contribution >= 0.6 is 0 Å². The van der Waals surface area contributed by atoms with Crippen molar-refractivity contribution < 1.29 is 18.0 Å². The summed E-state index contributed by atoms with van der Waals surface area (Å²) in [6.45, 7) is 4.13. The lowest BCUT2D eigenvalue weighted by molar-refractivity contribution is -0.137. The molecule has 5 rings (SSSR count). The maximum absolute atomic E-state index is 13.1. The standard InChI is InChI=1S/C25H20F3N5O/c1-14(2)21-7-4-8-22-29-20(13-33(21)22)23(34)32-24-30-18-10-9-16(12-19(18)31-24)15-5-3-6-17(11-15)25(26,27)28/h3-14H,1-2H3,(H2,30,31,32,34). The fourth-order valence-electron chi connectivity index (χ4n) is 3.90. The number of carbonyl (C=O) groups is 1. The summed E-state index contributed by atoms with van der Waals surface area (Å²) >= 11 is 0. The quantitative estimate of drug-likeness (QED) is 0.330. The lowest BCUT2D eigenvalue weighted by Crippen LogP contribution is -2.13. The van der Waals surface area contributed by atoms with Crippen LogP contribution in [0.15, 0.2) is 66.9 Å². The lowest BCUT2D eigenvalue weighted by atomic mass is 10.0. The van der Waals surface area contributed by atoms with E-state index in [0.29, 0.717) is 27.8 Å².